The summed E-state index contributed by atoms with van der Waals surface area (Å²) in [5.74, 6) is -0.0969. The Labute approximate surface area is 85.7 Å². The van der Waals surface area contributed by atoms with Crippen LogP contribution in [0.15, 0.2) is 24.3 Å². The Bertz CT molecular complexity index is 239. The lowest BCUT2D eigenvalue weighted by Crippen LogP contribution is -1.99. The first-order valence-corrected chi connectivity index (χ1v) is 4.74. The molecule has 2 heteroatoms. The van der Waals surface area contributed by atoms with E-state index in [2.05, 4.69) is 13.2 Å². The number of hydrogen-bond acceptors (Lipinski definition) is 2. The van der Waals surface area contributed by atoms with Gasteiger partial charge in [0.05, 0.1) is 6.42 Å². The highest BCUT2D eigenvalue weighted by atomic mass is 16.1. The Morgan fingerprint density at radius 2 is 1.93 bits per heavy atom. The molecule has 0 aromatic carbocycles. The SMILES string of the molecule is C=C(C)CCCC(=C)CC(=O)C[C]=O. The van der Waals surface area contributed by atoms with E-state index >= 15 is 0 Å². The lowest BCUT2D eigenvalue weighted by Gasteiger charge is -2.03. The van der Waals surface area contributed by atoms with Crippen molar-refractivity contribution in [3.8, 4) is 0 Å². The van der Waals surface area contributed by atoms with E-state index in [4.69, 9.17) is 0 Å². The average Bonchev–Trinajstić information content (AvgIpc) is 2.03. The predicted octanol–water partition coefficient (Wildman–Crippen LogP) is 2.75. The highest BCUT2D eigenvalue weighted by molar-refractivity contribution is 5.91. The van der Waals surface area contributed by atoms with Crippen molar-refractivity contribution in [2.24, 2.45) is 0 Å². The van der Waals surface area contributed by atoms with E-state index in [1.54, 1.807) is 6.29 Å². The van der Waals surface area contributed by atoms with E-state index in [-0.39, 0.29) is 12.2 Å². The molecule has 0 aliphatic carbocycles. The molecule has 0 aromatic rings. The van der Waals surface area contributed by atoms with Gasteiger partial charge in [-0.25, -0.2) is 0 Å². The molecule has 1 radical (unpaired) electrons. The van der Waals surface area contributed by atoms with Crippen LogP contribution in [0.1, 0.15) is 39.0 Å². The second-order valence-corrected chi connectivity index (χ2v) is 3.60. The summed E-state index contributed by atoms with van der Waals surface area (Å²) >= 11 is 0. The van der Waals surface area contributed by atoms with Gasteiger partial charge < -0.3 is 0 Å². The van der Waals surface area contributed by atoms with Gasteiger partial charge in [-0.1, -0.05) is 17.7 Å². The van der Waals surface area contributed by atoms with Gasteiger partial charge in [-0.2, -0.15) is 0 Å². The Hall–Kier alpha value is -1.18. The molecule has 0 bridgehead atoms. The van der Waals surface area contributed by atoms with Crippen LogP contribution in [0.5, 0.6) is 0 Å². The van der Waals surface area contributed by atoms with Crippen LogP contribution in [0.3, 0.4) is 0 Å². The van der Waals surface area contributed by atoms with Crippen LogP contribution in [-0.2, 0) is 9.59 Å². The van der Waals surface area contributed by atoms with Crippen LogP contribution in [-0.4, -0.2) is 12.1 Å². The van der Waals surface area contributed by atoms with Crippen molar-refractivity contribution in [1.29, 1.82) is 0 Å². The number of hydrogen-bond donors (Lipinski definition) is 0. The molecular weight excluding hydrogens is 176 g/mol. The van der Waals surface area contributed by atoms with Crippen molar-refractivity contribution >= 4 is 12.1 Å². The Morgan fingerprint density at radius 3 is 2.43 bits per heavy atom. The fourth-order valence-electron chi connectivity index (χ4n) is 1.15. The highest BCUT2D eigenvalue weighted by Gasteiger charge is 2.03. The quantitative estimate of drug-likeness (QED) is 0.439. The summed E-state index contributed by atoms with van der Waals surface area (Å²) in [6.45, 7) is 9.57. The van der Waals surface area contributed by atoms with Crippen LogP contribution in [0.4, 0.5) is 0 Å². The third-order valence-corrected chi connectivity index (χ3v) is 1.85. The summed E-state index contributed by atoms with van der Waals surface area (Å²) in [6, 6.07) is 0. The van der Waals surface area contributed by atoms with Crippen molar-refractivity contribution in [1.82, 2.24) is 0 Å². The standard InChI is InChI=1S/C12H17O2/c1-10(2)5-4-6-11(3)9-12(14)7-8-13/h1,3-7,9H2,2H3. The van der Waals surface area contributed by atoms with Crippen LogP contribution >= 0.6 is 0 Å². The first-order chi connectivity index (χ1) is 6.56. The topological polar surface area (TPSA) is 34.1 Å². The van der Waals surface area contributed by atoms with E-state index in [9.17, 15) is 9.59 Å². The van der Waals surface area contributed by atoms with Crippen LogP contribution in [0.25, 0.3) is 0 Å². The van der Waals surface area contributed by atoms with E-state index in [1.165, 1.54) is 0 Å². The lowest BCUT2D eigenvalue weighted by molar-refractivity contribution is -0.117. The number of carbonyl (C=O) groups excluding carboxylic acids is 2. The van der Waals surface area contributed by atoms with Crippen LogP contribution in [0.2, 0.25) is 0 Å². The summed E-state index contributed by atoms with van der Waals surface area (Å²) < 4.78 is 0. The Balaban J connectivity index is 3.60. The van der Waals surface area contributed by atoms with Gasteiger partial charge in [0.1, 0.15) is 5.78 Å². The second kappa shape index (κ2) is 7.25. The molecule has 0 heterocycles. The summed E-state index contributed by atoms with van der Waals surface area (Å²) in [5.41, 5.74) is 2.04. The maximum absolute atomic E-state index is 11.0. The summed E-state index contributed by atoms with van der Waals surface area (Å²) in [6.07, 6.45) is 4.57. The van der Waals surface area contributed by atoms with E-state index in [1.807, 2.05) is 6.92 Å². The number of ketones is 1. The minimum Gasteiger partial charge on any atom is -0.299 e. The molecule has 0 aliphatic rings. The first kappa shape index (κ1) is 12.8. The molecule has 0 saturated heterocycles. The fraction of sp³-hybridized carbons (Fsp3) is 0.500. The van der Waals surface area contributed by atoms with Gasteiger partial charge in [0.2, 0.25) is 6.29 Å². The maximum atomic E-state index is 11.0. The van der Waals surface area contributed by atoms with E-state index in [0.29, 0.717) is 6.42 Å². The van der Waals surface area contributed by atoms with Crippen LogP contribution < -0.4 is 0 Å². The third kappa shape index (κ3) is 7.47. The highest BCUT2D eigenvalue weighted by Crippen LogP contribution is 2.12. The van der Waals surface area contributed by atoms with Crippen molar-refractivity contribution in [3.63, 3.8) is 0 Å². The Morgan fingerprint density at radius 1 is 1.29 bits per heavy atom. The molecule has 0 amide bonds. The summed E-state index contributed by atoms with van der Waals surface area (Å²) in [5, 5.41) is 0. The fourth-order valence-corrected chi connectivity index (χ4v) is 1.15. The molecule has 0 aromatic heterocycles. The molecule has 0 aliphatic heterocycles. The molecule has 0 N–H and O–H groups in total. The maximum Gasteiger partial charge on any atom is 0.206 e. The van der Waals surface area contributed by atoms with Gasteiger partial charge in [-0.15, -0.1) is 6.58 Å². The lowest BCUT2D eigenvalue weighted by atomic mass is 10.0. The summed E-state index contributed by atoms with van der Waals surface area (Å²) in [4.78, 5) is 20.9. The smallest absolute Gasteiger partial charge is 0.206 e. The zero-order chi connectivity index (χ0) is 11.0. The van der Waals surface area contributed by atoms with Gasteiger partial charge in [0, 0.05) is 6.42 Å². The Kier molecular flexibility index (Phi) is 6.63. The minimum absolute atomic E-state index is 0.0969. The van der Waals surface area contributed by atoms with Crippen molar-refractivity contribution in [3.05, 3.63) is 24.3 Å². The van der Waals surface area contributed by atoms with Crippen LogP contribution in [0, 0.1) is 0 Å². The van der Waals surface area contributed by atoms with Gasteiger partial charge in [0.25, 0.3) is 0 Å². The molecule has 2 nitrogen and oxygen atoms in total. The molecular formula is C12H17O2. The van der Waals surface area contributed by atoms with Gasteiger partial charge in [0.15, 0.2) is 0 Å². The van der Waals surface area contributed by atoms with E-state index < -0.39 is 0 Å². The number of rotatable bonds is 8. The van der Waals surface area contributed by atoms with Gasteiger partial charge >= 0.3 is 0 Å². The molecule has 0 rings (SSSR count). The monoisotopic (exact) mass is 193 g/mol. The first-order valence-electron chi connectivity index (χ1n) is 4.74. The largest absolute Gasteiger partial charge is 0.299 e. The molecule has 0 fully saturated rings. The van der Waals surface area contributed by atoms with Crippen molar-refractivity contribution < 1.29 is 9.59 Å². The van der Waals surface area contributed by atoms with Crippen molar-refractivity contribution in [2.45, 2.75) is 39.0 Å². The number of carbonyl (C=O) groups is 1. The molecule has 0 saturated carbocycles. The molecule has 0 unspecified atom stereocenters. The van der Waals surface area contributed by atoms with E-state index in [0.717, 1.165) is 30.4 Å². The molecule has 14 heavy (non-hydrogen) atoms. The number of allylic oxidation sites excluding steroid dienone is 2. The second-order valence-electron chi connectivity index (χ2n) is 3.60. The molecule has 0 atom stereocenters. The molecule has 0 spiro atoms. The normalized spacial score (nSPS) is 9.50. The number of Topliss-reactive ketones (excluding diaryl/α,β-unsaturated/α-hetero) is 1. The predicted molar refractivity (Wildman–Crippen MR) is 57.7 cm³/mol. The third-order valence-electron chi connectivity index (χ3n) is 1.85. The van der Waals surface area contributed by atoms with Crippen molar-refractivity contribution in [2.75, 3.05) is 0 Å². The minimum atomic E-state index is -0.112. The summed E-state index contributed by atoms with van der Waals surface area (Å²) in [7, 11) is 0. The average molecular weight is 193 g/mol. The van der Waals surface area contributed by atoms with Gasteiger partial charge in [-0.3, -0.25) is 9.59 Å². The zero-order valence-corrected chi connectivity index (χ0v) is 8.77. The van der Waals surface area contributed by atoms with Gasteiger partial charge in [-0.05, 0) is 26.2 Å². The zero-order valence-electron chi connectivity index (χ0n) is 8.77. The molecule has 77 valence electrons.